The van der Waals surface area contributed by atoms with Gasteiger partial charge in [0, 0.05) is 24.0 Å². The van der Waals surface area contributed by atoms with Gasteiger partial charge in [-0.2, -0.15) is 5.10 Å². The molecule has 5 nitrogen and oxygen atoms in total. The van der Waals surface area contributed by atoms with E-state index in [2.05, 4.69) is 88.1 Å². The lowest BCUT2D eigenvalue weighted by atomic mass is 9.67. The van der Waals surface area contributed by atoms with Crippen LogP contribution >= 0.6 is 0 Å². The zero-order valence-electron chi connectivity index (χ0n) is 23.3. The summed E-state index contributed by atoms with van der Waals surface area (Å²) in [4.78, 5) is 12.9. The maximum Gasteiger partial charge on any atom is 0.161 e. The lowest BCUT2D eigenvalue weighted by Gasteiger charge is -2.37. The molecule has 0 aliphatic rings. The highest BCUT2D eigenvalue weighted by Crippen LogP contribution is 2.40. The number of fused-ring (bicyclic) bond motifs is 1. The van der Waals surface area contributed by atoms with E-state index in [9.17, 15) is 4.79 Å². The molecule has 1 N–H and O–H groups in total. The summed E-state index contributed by atoms with van der Waals surface area (Å²) < 4.78 is 10.9. The first-order valence-corrected chi connectivity index (χ1v) is 12.7. The third-order valence-corrected chi connectivity index (χ3v) is 7.94. The Morgan fingerprint density at radius 2 is 1.43 bits per heavy atom. The van der Waals surface area contributed by atoms with Gasteiger partial charge in [-0.25, -0.2) is 0 Å². The van der Waals surface area contributed by atoms with Crippen LogP contribution in [-0.4, -0.2) is 30.2 Å². The standard InChI is InChI=1S/C32H38N2O3/c1-20-13-22(23-11-12-24-16-28(36-7)29(37-8)17-25(24)14-23)10-9-21(20)15-27(35)18-26-19-30(34-33-26)32(5,6)31(2,3)4/h9-14,16-17,19H,15,18H2,1-8H3,(H,33,34). The molecule has 0 amide bonds. The van der Waals surface area contributed by atoms with Crippen LogP contribution in [0.25, 0.3) is 21.9 Å². The molecule has 5 heteroatoms. The molecule has 37 heavy (non-hydrogen) atoms. The topological polar surface area (TPSA) is 64.2 Å². The normalized spacial score (nSPS) is 12.1. The number of hydrogen-bond donors (Lipinski definition) is 1. The van der Waals surface area contributed by atoms with Gasteiger partial charge in [-0.05, 0) is 69.6 Å². The molecule has 0 spiro atoms. The predicted molar refractivity (Wildman–Crippen MR) is 151 cm³/mol. The number of ketones is 1. The minimum Gasteiger partial charge on any atom is -0.493 e. The predicted octanol–water partition coefficient (Wildman–Crippen LogP) is 7.23. The summed E-state index contributed by atoms with van der Waals surface area (Å²) in [6.07, 6.45) is 0.752. The van der Waals surface area contributed by atoms with Crippen molar-refractivity contribution in [2.45, 2.75) is 59.8 Å². The van der Waals surface area contributed by atoms with Crippen molar-refractivity contribution in [3.8, 4) is 22.6 Å². The SMILES string of the molecule is COc1cc2ccc(-c3ccc(CC(=O)Cc4cc(C(C)(C)C(C)(C)C)n[nH]4)c(C)c3)cc2cc1OC. The number of Topliss-reactive ketones (excluding diaryl/α,β-unsaturated/α-hetero) is 1. The van der Waals surface area contributed by atoms with Crippen LogP contribution in [0.3, 0.4) is 0 Å². The molecule has 194 valence electrons. The maximum absolute atomic E-state index is 12.9. The second kappa shape index (κ2) is 10.0. The smallest absolute Gasteiger partial charge is 0.161 e. The number of nitrogens with one attached hydrogen (secondary N) is 1. The van der Waals surface area contributed by atoms with Crippen molar-refractivity contribution in [2.75, 3.05) is 14.2 Å². The zero-order chi connectivity index (χ0) is 27.0. The third-order valence-electron chi connectivity index (χ3n) is 7.94. The van der Waals surface area contributed by atoms with Gasteiger partial charge in [0.25, 0.3) is 0 Å². The van der Waals surface area contributed by atoms with Gasteiger partial charge < -0.3 is 9.47 Å². The highest BCUT2D eigenvalue weighted by atomic mass is 16.5. The number of hydrogen-bond acceptors (Lipinski definition) is 4. The molecule has 0 saturated carbocycles. The van der Waals surface area contributed by atoms with Crippen molar-refractivity contribution in [1.82, 2.24) is 10.2 Å². The van der Waals surface area contributed by atoms with E-state index in [1.807, 2.05) is 18.2 Å². The first-order valence-electron chi connectivity index (χ1n) is 12.7. The van der Waals surface area contributed by atoms with Gasteiger partial charge >= 0.3 is 0 Å². The first kappa shape index (κ1) is 26.5. The van der Waals surface area contributed by atoms with Crippen LogP contribution < -0.4 is 9.47 Å². The average Bonchev–Trinajstić information content (AvgIpc) is 3.32. The first-order chi connectivity index (χ1) is 17.4. The number of rotatable bonds is 8. The molecule has 4 rings (SSSR count). The fraction of sp³-hybridized carbons (Fsp3) is 0.375. The van der Waals surface area contributed by atoms with Crippen LogP contribution in [0.1, 0.15) is 57.1 Å². The Labute approximate surface area is 220 Å². The molecule has 0 unspecified atom stereocenters. The van der Waals surface area contributed by atoms with Crippen LogP contribution in [-0.2, 0) is 23.1 Å². The average molecular weight is 499 g/mol. The van der Waals surface area contributed by atoms with E-state index in [0.29, 0.717) is 18.6 Å². The zero-order valence-corrected chi connectivity index (χ0v) is 23.3. The second-order valence-electron chi connectivity index (χ2n) is 11.5. The molecule has 0 bridgehead atoms. The number of benzene rings is 3. The number of aromatic nitrogens is 2. The number of aromatic amines is 1. The van der Waals surface area contributed by atoms with E-state index in [1.54, 1.807) is 14.2 Å². The maximum atomic E-state index is 12.9. The number of carbonyl (C=O) groups excluding carboxylic acids is 1. The Morgan fingerprint density at radius 1 is 0.811 bits per heavy atom. The summed E-state index contributed by atoms with van der Waals surface area (Å²) in [6, 6.07) is 18.7. The minimum absolute atomic E-state index is 0.0618. The third kappa shape index (κ3) is 5.41. The van der Waals surface area contributed by atoms with Gasteiger partial charge in [-0.1, -0.05) is 65.0 Å². The molecule has 0 radical (unpaired) electrons. The Balaban J connectivity index is 1.49. The van der Waals surface area contributed by atoms with Crippen molar-refractivity contribution in [1.29, 1.82) is 0 Å². The minimum atomic E-state index is -0.100. The molecule has 0 fully saturated rings. The van der Waals surface area contributed by atoms with E-state index < -0.39 is 0 Å². The van der Waals surface area contributed by atoms with E-state index in [1.165, 1.54) is 0 Å². The molecular weight excluding hydrogens is 460 g/mol. The van der Waals surface area contributed by atoms with Crippen molar-refractivity contribution >= 4 is 16.6 Å². The van der Waals surface area contributed by atoms with E-state index in [-0.39, 0.29) is 16.6 Å². The molecule has 0 aliphatic heterocycles. The summed E-state index contributed by atoms with van der Waals surface area (Å²) in [5.74, 6) is 1.60. The van der Waals surface area contributed by atoms with Gasteiger partial charge in [0.05, 0.1) is 19.9 Å². The molecule has 4 aromatic rings. The van der Waals surface area contributed by atoms with Crippen LogP contribution in [0.4, 0.5) is 0 Å². The van der Waals surface area contributed by atoms with E-state index in [4.69, 9.17) is 9.47 Å². The van der Waals surface area contributed by atoms with Gasteiger partial charge in [-0.15, -0.1) is 0 Å². The van der Waals surface area contributed by atoms with Crippen LogP contribution in [0, 0.1) is 12.3 Å². The molecule has 3 aromatic carbocycles. The lowest BCUT2D eigenvalue weighted by Crippen LogP contribution is -2.34. The summed E-state index contributed by atoms with van der Waals surface area (Å²) in [7, 11) is 3.29. The number of methoxy groups -OCH3 is 2. The molecule has 1 aromatic heterocycles. The van der Waals surface area contributed by atoms with Gasteiger partial charge in [0.2, 0.25) is 0 Å². The second-order valence-corrected chi connectivity index (χ2v) is 11.5. The summed E-state index contributed by atoms with van der Waals surface area (Å²) in [6.45, 7) is 13.1. The van der Waals surface area contributed by atoms with Crippen LogP contribution in [0.15, 0.2) is 54.6 Å². The molecule has 0 saturated heterocycles. The highest BCUT2D eigenvalue weighted by Gasteiger charge is 2.36. The Hall–Kier alpha value is -3.60. The number of aryl methyl sites for hydroxylation is 1. The largest absolute Gasteiger partial charge is 0.493 e. The Kier molecular flexibility index (Phi) is 7.18. The van der Waals surface area contributed by atoms with Crippen molar-refractivity contribution < 1.29 is 14.3 Å². The van der Waals surface area contributed by atoms with E-state index in [0.717, 1.165) is 50.2 Å². The monoisotopic (exact) mass is 498 g/mol. The molecule has 1 heterocycles. The lowest BCUT2D eigenvalue weighted by molar-refractivity contribution is -0.117. The Morgan fingerprint density at radius 3 is 2.05 bits per heavy atom. The fourth-order valence-electron chi connectivity index (χ4n) is 4.47. The van der Waals surface area contributed by atoms with Crippen LogP contribution in [0.2, 0.25) is 0 Å². The number of nitrogens with zero attached hydrogens (tertiary/aromatic N) is 1. The molecular formula is C32H38N2O3. The summed E-state index contributed by atoms with van der Waals surface area (Å²) in [5, 5.41) is 9.79. The highest BCUT2D eigenvalue weighted by molar-refractivity contribution is 5.90. The molecule has 0 atom stereocenters. The number of carbonyl (C=O) groups is 1. The fourth-order valence-corrected chi connectivity index (χ4v) is 4.47. The van der Waals surface area contributed by atoms with Crippen molar-refractivity contribution in [3.05, 3.63) is 77.1 Å². The van der Waals surface area contributed by atoms with E-state index >= 15 is 0 Å². The summed E-state index contributed by atoms with van der Waals surface area (Å²) >= 11 is 0. The van der Waals surface area contributed by atoms with Gasteiger partial charge in [0.15, 0.2) is 11.5 Å². The van der Waals surface area contributed by atoms with Gasteiger partial charge in [-0.3, -0.25) is 9.89 Å². The number of ether oxygens (including phenoxy) is 2. The quantitative estimate of drug-likeness (QED) is 0.278. The summed E-state index contributed by atoms with van der Waals surface area (Å²) in [5.41, 5.74) is 6.22. The van der Waals surface area contributed by atoms with Gasteiger partial charge in [0.1, 0.15) is 5.78 Å². The van der Waals surface area contributed by atoms with Crippen molar-refractivity contribution in [2.24, 2.45) is 5.41 Å². The Bertz CT molecular complexity index is 1440. The van der Waals surface area contributed by atoms with Crippen molar-refractivity contribution in [3.63, 3.8) is 0 Å². The van der Waals surface area contributed by atoms with Crippen LogP contribution in [0.5, 0.6) is 11.5 Å². The number of H-pyrrole nitrogens is 1. The molecule has 0 aliphatic carbocycles.